The molecule has 3 rings (SSSR count). The number of H-pyrrole nitrogens is 1. The molecule has 2 aromatic rings. The summed E-state index contributed by atoms with van der Waals surface area (Å²) in [5.41, 5.74) is 5.68. The summed E-state index contributed by atoms with van der Waals surface area (Å²) in [4.78, 5) is 0. The molecule has 4 N–H and O–H groups in total. The molecule has 0 saturated carbocycles. The highest BCUT2D eigenvalue weighted by molar-refractivity contribution is 5.64. The fourth-order valence-corrected chi connectivity index (χ4v) is 4.50. The van der Waals surface area contributed by atoms with Crippen LogP contribution in [0.1, 0.15) is 61.1 Å². The number of rotatable bonds is 7. The van der Waals surface area contributed by atoms with E-state index in [4.69, 9.17) is 15.6 Å². The van der Waals surface area contributed by atoms with E-state index in [2.05, 4.69) is 16.3 Å². The summed E-state index contributed by atoms with van der Waals surface area (Å²) in [5.74, 6) is -0.299. The number of aromatic amines is 1. The predicted molar refractivity (Wildman–Crippen MR) is 118 cm³/mol. The van der Waals surface area contributed by atoms with E-state index in [1.165, 1.54) is 0 Å². The molecule has 0 aliphatic carbocycles. The number of alkyl halides is 3. The maximum absolute atomic E-state index is 13.9. The average Bonchev–Trinajstić information content (AvgIpc) is 3.11. The summed E-state index contributed by atoms with van der Waals surface area (Å²) < 4.78 is 47.3. The lowest BCUT2D eigenvalue weighted by molar-refractivity contribution is -0.137. The van der Waals surface area contributed by atoms with Crippen molar-refractivity contribution in [3.05, 3.63) is 63.7 Å². The van der Waals surface area contributed by atoms with Gasteiger partial charge in [-0.3, -0.25) is 0 Å². The number of ether oxygens (including phenoxy) is 1. The SMILES string of the molecule is Cc1n[nH]c2c1C(c1cc(/C=C/CCCCO)cc(C(F)(F)F)c1)(C(C)C)C(C#N)=C(N)O2. The quantitative estimate of drug-likeness (QED) is 0.507. The van der Waals surface area contributed by atoms with Crippen LogP contribution in [0.15, 0.2) is 35.7 Å². The number of hydrogen-bond acceptors (Lipinski definition) is 5. The van der Waals surface area contributed by atoms with E-state index in [0.29, 0.717) is 29.7 Å². The van der Waals surface area contributed by atoms with Crippen molar-refractivity contribution in [2.45, 2.75) is 51.6 Å². The Morgan fingerprint density at radius 2 is 2.03 bits per heavy atom. The topological polar surface area (TPSA) is 108 Å². The fraction of sp³-hybridized carbons (Fsp3) is 0.417. The summed E-state index contributed by atoms with van der Waals surface area (Å²) in [5, 5.41) is 25.9. The van der Waals surface area contributed by atoms with Crippen molar-refractivity contribution >= 4 is 6.08 Å². The number of aliphatic hydroxyl groups excluding tert-OH is 1. The number of aliphatic hydroxyl groups is 1. The van der Waals surface area contributed by atoms with Gasteiger partial charge in [0.25, 0.3) is 0 Å². The molecule has 1 aromatic carbocycles. The predicted octanol–water partition coefficient (Wildman–Crippen LogP) is 4.94. The Balaban J connectivity index is 2.30. The number of nitriles is 1. The number of aryl methyl sites for hydroxylation is 1. The first-order valence-corrected chi connectivity index (χ1v) is 10.7. The van der Waals surface area contributed by atoms with E-state index >= 15 is 0 Å². The lowest BCUT2D eigenvalue weighted by Gasteiger charge is -2.41. The van der Waals surface area contributed by atoms with Crippen LogP contribution < -0.4 is 10.5 Å². The molecule has 1 aromatic heterocycles. The molecule has 1 unspecified atom stereocenters. The van der Waals surface area contributed by atoms with Gasteiger partial charge in [-0.2, -0.15) is 23.5 Å². The van der Waals surface area contributed by atoms with Crippen LogP contribution in [0.25, 0.3) is 6.08 Å². The zero-order valence-electron chi connectivity index (χ0n) is 18.8. The van der Waals surface area contributed by atoms with Crippen molar-refractivity contribution in [1.29, 1.82) is 5.26 Å². The Morgan fingerprint density at radius 3 is 2.64 bits per heavy atom. The summed E-state index contributed by atoms with van der Waals surface area (Å²) >= 11 is 0. The van der Waals surface area contributed by atoms with Gasteiger partial charge in [-0.05, 0) is 55.4 Å². The Morgan fingerprint density at radius 1 is 1.30 bits per heavy atom. The van der Waals surface area contributed by atoms with Gasteiger partial charge in [0.2, 0.25) is 11.8 Å². The van der Waals surface area contributed by atoms with Crippen molar-refractivity contribution in [2.24, 2.45) is 11.7 Å². The molecule has 176 valence electrons. The zero-order chi connectivity index (χ0) is 24.4. The second kappa shape index (κ2) is 9.32. The van der Waals surface area contributed by atoms with Gasteiger partial charge in [0.05, 0.1) is 22.2 Å². The summed E-state index contributed by atoms with van der Waals surface area (Å²) in [7, 11) is 0. The number of unbranched alkanes of at least 4 members (excludes halogenated alkanes) is 2. The van der Waals surface area contributed by atoms with E-state index in [9.17, 15) is 18.4 Å². The number of fused-ring (bicyclic) bond motifs is 1. The molecule has 0 radical (unpaired) electrons. The third-order valence-corrected chi connectivity index (χ3v) is 5.97. The lowest BCUT2D eigenvalue weighted by atomic mass is 9.61. The second-order valence-corrected chi connectivity index (χ2v) is 8.39. The molecule has 33 heavy (non-hydrogen) atoms. The second-order valence-electron chi connectivity index (χ2n) is 8.39. The standard InChI is InChI=1S/C24H27F3N4O2/c1-14(2)23(19(13-28)21(29)33-22-20(23)15(3)30-31-22)17-10-16(8-6-4-5-7-9-32)11-18(12-17)24(25,26)27/h6,8,10-12,14,32H,4-5,7,9,29H2,1-3H3,(H,30,31)/b8-6+. The minimum Gasteiger partial charge on any atom is -0.422 e. The number of benzene rings is 1. The number of nitrogens with two attached hydrogens (primary N) is 1. The molecular formula is C24H27F3N4O2. The van der Waals surface area contributed by atoms with Gasteiger partial charge >= 0.3 is 6.18 Å². The van der Waals surface area contributed by atoms with Gasteiger partial charge in [0, 0.05) is 6.61 Å². The van der Waals surface area contributed by atoms with Gasteiger partial charge in [-0.1, -0.05) is 32.1 Å². The maximum atomic E-state index is 13.9. The third kappa shape index (κ3) is 4.35. The summed E-state index contributed by atoms with van der Waals surface area (Å²) in [6.07, 6.45) is 0.788. The Bertz CT molecular complexity index is 1130. The first-order valence-electron chi connectivity index (χ1n) is 10.7. The van der Waals surface area contributed by atoms with Crippen LogP contribution in [0, 0.1) is 24.2 Å². The van der Waals surface area contributed by atoms with E-state index in [1.54, 1.807) is 25.1 Å². The van der Waals surface area contributed by atoms with E-state index in [0.717, 1.165) is 18.6 Å². The van der Waals surface area contributed by atoms with Crippen LogP contribution >= 0.6 is 0 Å². The summed E-state index contributed by atoms with van der Waals surface area (Å²) in [6, 6.07) is 5.91. The molecular weight excluding hydrogens is 433 g/mol. The molecule has 0 bridgehead atoms. The van der Waals surface area contributed by atoms with Gasteiger partial charge in [0.15, 0.2) is 0 Å². The largest absolute Gasteiger partial charge is 0.422 e. The number of aromatic nitrogens is 2. The fourth-order valence-electron chi connectivity index (χ4n) is 4.50. The highest BCUT2D eigenvalue weighted by atomic mass is 19.4. The van der Waals surface area contributed by atoms with Crippen LogP contribution in [0.4, 0.5) is 13.2 Å². The highest BCUT2D eigenvalue weighted by Crippen LogP contribution is 2.53. The van der Waals surface area contributed by atoms with Gasteiger partial charge in [0.1, 0.15) is 11.6 Å². The molecule has 6 nitrogen and oxygen atoms in total. The molecule has 0 saturated heterocycles. The highest BCUT2D eigenvalue weighted by Gasteiger charge is 2.51. The molecule has 9 heteroatoms. The number of nitrogens with zero attached hydrogens (tertiary/aromatic N) is 2. The maximum Gasteiger partial charge on any atom is 0.416 e. The van der Waals surface area contributed by atoms with Gasteiger partial charge in [-0.15, -0.1) is 0 Å². The molecule has 0 spiro atoms. The third-order valence-electron chi connectivity index (χ3n) is 5.97. The number of halogens is 3. The van der Waals surface area contributed by atoms with Crippen LogP contribution in [0.5, 0.6) is 5.88 Å². The van der Waals surface area contributed by atoms with Gasteiger partial charge in [-0.25, -0.2) is 5.10 Å². The first-order chi connectivity index (χ1) is 15.6. The van der Waals surface area contributed by atoms with E-state index < -0.39 is 17.2 Å². The van der Waals surface area contributed by atoms with Crippen molar-refractivity contribution in [3.63, 3.8) is 0 Å². The molecule has 0 amide bonds. The van der Waals surface area contributed by atoms with Crippen molar-refractivity contribution in [1.82, 2.24) is 10.2 Å². The van der Waals surface area contributed by atoms with Crippen molar-refractivity contribution < 1.29 is 23.0 Å². The van der Waals surface area contributed by atoms with Crippen molar-refractivity contribution in [2.75, 3.05) is 6.61 Å². The van der Waals surface area contributed by atoms with E-state index in [-0.39, 0.29) is 35.4 Å². The number of allylic oxidation sites excluding steroid dienone is 2. The van der Waals surface area contributed by atoms with Crippen LogP contribution in [0.2, 0.25) is 0 Å². The van der Waals surface area contributed by atoms with Gasteiger partial charge < -0.3 is 15.6 Å². The number of hydrogen-bond donors (Lipinski definition) is 3. The average molecular weight is 461 g/mol. The van der Waals surface area contributed by atoms with Crippen LogP contribution in [-0.4, -0.2) is 21.9 Å². The molecule has 0 fully saturated rings. The lowest BCUT2D eigenvalue weighted by Crippen LogP contribution is -2.41. The number of nitrogens with one attached hydrogen (secondary N) is 1. The Hall–Kier alpha value is -3.25. The zero-order valence-corrected chi connectivity index (χ0v) is 18.8. The molecule has 2 heterocycles. The van der Waals surface area contributed by atoms with Crippen molar-refractivity contribution in [3.8, 4) is 11.9 Å². The van der Waals surface area contributed by atoms with Crippen LogP contribution in [-0.2, 0) is 11.6 Å². The van der Waals surface area contributed by atoms with E-state index in [1.807, 2.05) is 13.8 Å². The smallest absolute Gasteiger partial charge is 0.416 e. The Kier molecular flexibility index (Phi) is 6.89. The minimum atomic E-state index is -4.59. The molecule has 1 atom stereocenters. The normalized spacial score (nSPS) is 18.5. The first kappa shape index (κ1) is 24.4. The summed E-state index contributed by atoms with van der Waals surface area (Å²) in [6.45, 7) is 5.44. The monoisotopic (exact) mass is 460 g/mol. The Labute approximate surface area is 190 Å². The van der Waals surface area contributed by atoms with Crippen LogP contribution in [0.3, 0.4) is 0 Å². The molecule has 1 aliphatic rings. The molecule has 1 aliphatic heterocycles. The minimum absolute atomic E-state index is 0.0479.